The zero-order chi connectivity index (χ0) is 20.6. The molecule has 8 heteroatoms. The van der Waals surface area contributed by atoms with Crippen LogP contribution in [-0.2, 0) is 28.4 Å². The SMILES string of the molecule is Cc1ccc(S(=O)(=O)N2CCC[C@H]2C(=O)NCc2nc3ccccc3n2C)cc1. The molecule has 0 unspecified atom stereocenters. The van der Waals surface area contributed by atoms with Crippen molar-refractivity contribution in [3.05, 3.63) is 59.9 Å². The molecule has 2 aromatic carbocycles. The number of amides is 1. The maximum Gasteiger partial charge on any atom is 0.243 e. The van der Waals surface area contributed by atoms with Gasteiger partial charge in [-0.3, -0.25) is 4.79 Å². The minimum absolute atomic E-state index is 0.221. The summed E-state index contributed by atoms with van der Waals surface area (Å²) in [6.07, 6.45) is 1.18. The average Bonchev–Trinajstić information content (AvgIpc) is 3.33. The Morgan fingerprint density at radius 2 is 1.90 bits per heavy atom. The van der Waals surface area contributed by atoms with E-state index in [0.717, 1.165) is 22.4 Å². The fourth-order valence-electron chi connectivity index (χ4n) is 3.77. The first kappa shape index (κ1) is 19.6. The number of nitrogens with zero attached hydrogens (tertiary/aromatic N) is 3. The van der Waals surface area contributed by atoms with Gasteiger partial charge in [-0.2, -0.15) is 4.31 Å². The Bertz CT molecular complexity index is 1150. The summed E-state index contributed by atoms with van der Waals surface area (Å²) in [6.45, 7) is 2.50. The Kier molecular flexibility index (Phi) is 5.14. The number of nitrogens with one attached hydrogen (secondary N) is 1. The average molecular weight is 413 g/mol. The maximum atomic E-state index is 13.0. The number of para-hydroxylation sites is 2. The zero-order valence-electron chi connectivity index (χ0n) is 16.5. The van der Waals surface area contributed by atoms with E-state index >= 15 is 0 Å². The quantitative estimate of drug-likeness (QED) is 0.697. The predicted octanol–water partition coefficient (Wildman–Crippen LogP) is 2.35. The summed E-state index contributed by atoms with van der Waals surface area (Å²) in [6, 6.07) is 13.8. The van der Waals surface area contributed by atoms with Crippen LogP contribution >= 0.6 is 0 Å². The van der Waals surface area contributed by atoms with Crippen molar-refractivity contribution in [2.24, 2.45) is 7.05 Å². The lowest BCUT2D eigenvalue weighted by Gasteiger charge is -2.23. The lowest BCUT2D eigenvalue weighted by molar-refractivity contribution is -0.124. The number of fused-ring (bicyclic) bond motifs is 1. The highest BCUT2D eigenvalue weighted by Gasteiger charge is 2.39. The lowest BCUT2D eigenvalue weighted by Crippen LogP contribution is -2.45. The highest BCUT2D eigenvalue weighted by Crippen LogP contribution is 2.26. The summed E-state index contributed by atoms with van der Waals surface area (Å²) in [5.74, 6) is 0.440. The molecule has 1 aliphatic heterocycles. The number of hydrogen-bond donors (Lipinski definition) is 1. The van der Waals surface area contributed by atoms with Crippen molar-refractivity contribution < 1.29 is 13.2 Å². The van der Waals surface area contributed by atoms with E-state index in [-0.39, 0.29) is 17.3 Å². The van der Waals surface area contributed by atoms with Gasteiger partial charge in [-0.15, -0.1) is 0 Å². The van der Waals surface area contributed by atoms with E-state index in [0.29, 0.717) is 19.4 Å². The molecule has 152 valence electrons. The molecule has 1 atom stereocenters. The van der Waals surface area contributed by atoms with E-state index in [9.17, 15) is 13.2 Å². The van der Waals surface area contributed by atoms with Crippen LogP contribution in [0.4, 0.5) is 0 Å². The Hall–Kier alpha value is -2.71. The van der Waals surface area contributed by atoms with E-state index in [4.69, 9.17) is 0 Å². The summed E-state index contributed by atoms with van der Waals surface area (Å²) >= 11 is 0. The van der Waals surface area contributed by atoms with Gasteiger partial charge in [0.1, 0.15) is 11.9 Å². The molecule has 1 saturated heterocycles. The van der Waals surface area contributed by atoms with E-state index in [1.54, 1.807) is 24.3 Å². The van der Waals surface area contributed by atoms with Crippen molar-refractivity contribution >= 4 is 27.0 Å². The van der Waals surface area contributed by atoms with Crippen molar-refractivity contribution in [2.75, 3.05) is 6.54 Å². The fourth-order valence-corrected chi connectivity index (χ4v) is 5.43. The minimum Gasteiger partial charge on any atom is -0.347 e. The van der Waals surface area contributed by atoms with Crippen LogP contribution in [0.2, 0.25) is 0 Å². The van der Waals surface area contributed by atoms with Crippen LogP contribution < -0.4 is 5.32 Å². The van der Waals surface area contributed by atoms with Crippen molar-refractivity contribution in [3.63, 3.8) is 0 Å². The summed E-state index contributed by atoms with van der Waals surface area (Å²) in [4.78, 5) is 17.6. The second-order valence-electron chi connectivity index (χ2n) is 7.38. The van der Waals surface area contributed by atoms with Crippen molar-refractivity contribution in [2.45, 2.75) is 37.2 Å². The van der Waals surface area contributed by atoms with E-state index in [2.05, 4.69) is 10.3 Å². The summed E-state index contributed by atoms with van der Waals surface area (Å²) < 4.78 is 29.3. The molecule has 0 radical (unpaired) electrons. The van der Waals surface area contributed by atoms with Crippen LogP contribution in [0.5, 0.6) is 0 Å². The normalized spacial score (nSPS) is 17.7. The first-order valence-corrected chi connectivity index (χ1v) is 11.1. The van der Waals surface area contributed by atoms with Crippen LogP contribution in [0.3, 0.4) is 0 Å². The number of rotatable bonds is 5. The van der Waals surface area contributed by atoms with Gasteiger partial charge in [0.25, 0.3) is 0 Å². The van der Waals surface area contributed by atoms with Crippen LogP contribution in [0.1, 0.15) is 24.2 Å². The smallest absolute Gasteiger partial charge is 0.243 e. The number of benzene rings is 2. The molecule has 4 rings (SSSR count). The van der Waals surface area contributed by atoms with Crippen LogP contribution in [0.15, 0.2) is 53.4 Å². The second-order valence-corrected chi connectivity index (χ2v) is 9.27. The van der Waals surface area contributed by atoms with Gasteiger partial charge in [0.2, 0.25) is 15.9 Å². The molecule has 0 spiro atoms. The third kappa shape index (κ3) is 3.65. The van der Waals surface area contributed by atoms with Gasteiger partial charge in [-0.05, 0) is 44.0 Å². The third-order valence-corrected chi connectivity index (χ3v) is 7.36. The Morgan fingerprint density at radius 3 is 2.62 bits per heavy atom. The summed E-state index contributed by atoms with van der Waals surface area (Å²) in [5.41, 5.74) is 2.84. The van der Waals surface area contributed by atoms with Gasteiger partial charge < -0.3 is 9.88 Å². The molecule has 2 heterocycles. The molecule has 3 aromatic rings. The minimum atomic E-state index is -3.71. The van der Waals surface area contributed by atoms with Gasteiger partial charge in [0.15, 0.2) is 0 Å². The largest absolute Gasteiger partial charge is 0.347 e. The standard InChI is InChI=1S/C21H24N4O3S/c1-15-9-11-16(12-10-15)29(27,28)25-13-5-8-19(25)21(26)22-14-20-23-17-6-3-4-7-18(17)24(20)2/h3-4,6-7,9-12,19H,5,8,13-14H2,1-2H3,(H,22,26)/t19-/m0/s1. The summed E-state index contributed by atoms with van der Waals surface area (Å²) in [5, 5.41) is 2.88. The van der Waals surface area contributed by atoms with Crippen LogP contribution in [0, 0.1) is 6.92 Å². The lowest BCUT2D eigenvalue weighted by atomic mass is 10.2. The van der Waals surface area contributed by atoms with Crippen molar-refractivity contribution in [1.82, 2.24) is 19.2 Å². The third-order valence-electron chi connectivity index (χ3n) is 5.43. The topological polar surface area (TPSA) is 84.3 Å². The molecular weight excluding hydrogens is 388 g/mol. The van der Waals surface area contributed by atoms with E-state index in [1.807, 2.05) is 42.8 Å². The predicted molar refractivity (Wildman–Crippen MR) is 111 cm³/mol. The number of sulfonamides is 1. The zero-order valence-corrected chi connectivity index (χ0v) is 17.3. The van der Waals surface area contributed by atoms with Gasteiger partial charge in [0, 0.05) is 13.6 Å². The molecule has 1 fully saturated rings. The molecule has 1 amide bonds. The molecular formula is C21H24N4O3S. The maximum absolute atomic E-state index is 13.0. The first-order chi connectivity index (χ1) is 13.9. The number of carbonyl (C=O) groups excluding carboxylic acids is 1. The van der Waals surface area contributed by atoms with Gasteiger partial charge in [0.05, 0.1) is 22.5 Å². The van der Waals surface area contributed by atoms with Crippen LogP contribution in [-0.4, -0.2) is 40.8 Å². The highest BCUT2D eigenvalue weighted by atomic mass is 32.2. The fraction of sp³-hybridized carbons (Fsp3) is 0.333. The molecule has 7 nitrogen and oxygen atoms in total. The number of imidazole rings is 1. The molecule has 1 aromatic heterocycles. The number of hydrogen-bond acceptors (Lipinski definition) is 4. The molecule has 0 aliphatic carbocycles. The second kappa shape index (κ2) is 7.61. The first-order valence-electron chi connectivity index (χ1n) is 9.64. The van der Waals surface area contributed by atoms with Gasteiger partial charge in [-0.25, -0.2) is 13.4 Å². The molecule has 0 saturated carbocycles. The van der Waals surface area contributed by atoms with Gasteiger partial charge >= 0.3 is 0 Å². The molecule has 1 aliphatic rings. The van der Waals surface area contributed by atoms with Gasteiger partial charge in [-0.1, -0.05) is 29.8 Å². The van der Waals surface area contributed by atoms with Crippen molar-refractivity contribution in [1.29, 1.82) is 0 Å². The molecule has 0 bridgehead atoms. The summed E-state index contributed by atoms with van der Waals surface area (Å²) in [7, 11) is -1.81. The van der Waals surface area contributed by atoms with Crippen LogP contribution in [0.25, 0.3) is 11.0 Å². The monoisotopic (exact) mass is 412 g/mol. The molecule has 1 N–H and O–H groups in total. The van der Waals surface area contributed by atoms with E-state index in [1.165, 1.54) is 4.31 Å². The molecule has 29 heavy (non-hydrogen) atoms. The van der Waals surface area contributed by atoms with E-state index < -0.39 is 16.1 Å². The Morgan fingerprint density at radius 1 is 1.17 bits per heavy atom. The number of carbonyl (C=O) groups is 1. The number of aryl methyl sites for hydroxylation is 2. The Labute approximate surface area is 170 Å². The highest BCUT2D eigenvalue weighted by molar-refractivity contribution is 7.89. The Balaban J connectivity index is 1.50. The van der Waals surface area contributed by atoms with Crippen molar-refractivity contribution in [3.8, 4) is 0 Å². The number of aromatic nitrogens is 2.